The van der Waals surface area contributed by atoms with Crippen molar-refractivity contribution in [2.24, 2.45) is 11.8 Å². The molecule has 0 aromatic carbocycles. The fourth-order valence-electron chi connectivity index (χ4n) is 4.01. The molecule has 0 saturated carbocycles. The van der Waals surface area contributed by atoms with E-state index in [-0.39, 0.29) is 18.8 Å². The highest BCUT2D eigenvalue weighted by atomic mass is 16.6. The molecule has 0 aliphatic carbocycles. The summed E-state index contributed by atoms with van der Waals surface area (Å²) in [6, 6.07) is 0. The van der Waals surface area contributed by atoms with Crippen molar-refractivity contribution in [2.75, 3.05) is 13.7 Å². The van der Waals surface area contributed by atoms with Crippen LogP contribution in [0.3, 0.4) is 0 Å². The van der Waals surface area contributed by atoms with E-state index in [2.05, 4.69) is 6.58 Å². The Kier molecular flexibility index (Phi) is 5.48. The molecule has 28 heavy (non-hydrogen) atoms. The SMILES string of the molecule is C=C1C[C@@H]2OC(=O)[C@H](COC)[C@H]2[C@H](OC(=O)/C(C)=C\C)C[C@@]2(C)OC1=CC2=O. The Hall–Kier alpha value is -2.41. The number of ketones is 1. The first-order chi connectivity index (χ1) is 13.2. The van der Waals surface area contributed by atoms with Crippen LogP contribution in [-0.4, -0.2) is 49.2 Å². The summed E-state index contributed by atoms with van der Waals surface area (Å²) in [5, 5.41) is 0. The third-order valence-corrected chi connectivity index (χ3v) is 5.76. The second-order valence-corrected chi connectivity index (χ2v) is 7.75. The van der Waals surface area contributed by atoms with Crippen molar-refractivity contribution in [1.29, 1.82) is 0 Å². The van der Waals surface area contributed by atoms with E-state index in [0.29, 0.717) is 23.3 Å². The molecule has 0 aromatic rings. The molecule has 7 heteroatoms. The van der Waals surface area contributed by atoms with E-state index in [9.17, 15) is 14.4 Å². The first kappa shape index (κ1) is 20.3. The molecule has 3 heterocycles. The van der Waals surface area contributed by atoms with Crippen molar-refractivity contribution in [3.63, 3.8) is 0 Å². The van der Waals surface area contributed by atoms with Crippen molar-refractivity contribution in [2.45, 2.75) is 51.4 Å². The summed E-state index contributed by atoms with van der Waals surface area (Å²) in [6.45, 7) is 9.19. The van der Waals surface area contributed by atoms with Crippen LogP contribution in [0, 0.1) is 11.8 Å². The normalized spacial score (nSPS) is 35.2. The molecule has 7 nitrogen and oxygen atoms in total. The molecule has 3 aliphatic rings. The van der Waals surface area contributed by atoms with Gasteiger partial charge in [-0.25, -0.2) is 4.79 Å². The number of allylic oxidation sites excluding steroid dienone is 2. The van der Waals surface area contributed by atoms with E-state index in [1.54, 1.807) is 26.8 Å². The molecule has 0 aromatic heterocycles. The highest BCUT2D eigenvalue weighted by Crippen LogP contribution is 2.44. The van der Waals surface area contributed by atoms with Gasteiger partial charge in [0.05, 0.1) is 12.5 Å². The van der Waals surface area contributed by atoms with Gasteiger partial charge < -0.3 is 18.9 Å². The molecule has 0 N–H and O–H groups in total. The van der Waals surface area contributed by atoms with E-state index in [1.807, 2.05) is 0 Å². The Morgan fingerprint density at radius 1 is 1.43 bits per heavy atom. The van der Waals surface area contributed by atoms with Gasteiger partial charge in [-0.3, -0.25) is 9.59 Å². The summed E-state index contributed by atoms with van der Waals surface area (Å²) in [7, 11) is 1.50. The average Bonchev–Trinajstić information content (AvgIpc) is 3.11. The zero-order chi connectivity index (χ0) is 20.6. The Morgan fingerprint density at radius 3 is 2.79 bits per heavy atom. The molecule has 152 valence electrons. The number of hydrogen-bond acceptors (Lipinski definition) is 7. The number of methoxy groups -OCH3 is 1. The van der Waals surface area contributed by atoms with Crippen molar-refractivity contribution >= 4 is 17.7 Å². The van der Waals surface area contributed by atoms with Crippen molar-refractivity contribution in [3.8, 4) is 0 Å². The molecule has 0 unspecified atom stereocenters. The third kappa shape index (κ3) is 3.51. The lowest BCUT2D eigenvalue weighted by Crippen LogP contribution is -2.45. The van der Waals surface area contributed by atoms with Crippen LogP contribution in [0.2, 0.25) is 0 Å². The molecule has 5 atom stereocenters. The number of hydrogen-bond donors (Lipinski definition) is 0. The lowest BCUT2D eigenvalue weighted by atomic mass is 9.78. The second kappa shape index (κ2) is 7.54. The summed E-state index contributed by atoms with van der Waals surface area (Å²) in [4.78, 5) is 37.6. The fourth-order valence-corrected chi connectivity index (χ4v) is 4.01. The van der Waals surface area contributed by atoms with Gasteiger partial charge in [-0.2, -0.15) is 0 Å². The Morgan fingerprint density at radius 2 is 2.14 bits per heavy atom. The zero-order valence-electron chi connectivity index (χ0n) is 16.7. The van der Waals surface area contributed by atoms with Crippen LogP contribution in [0.1, 0.15) is 33.6 Å². The van der Waals surface area contributed by atoms with Gasteiger partial charge in [0.2, 0.25) is 5.78 Å². The van der Waals surface area contributed by atoms with Gasteiger partial charge in [0.15, 0.2) is 5.60 Å². The number of fused-ring (bicyclic) bond motifs is 3. The number of carbonyl (C=O) groups is 3. The van der Waals surface area contributed by atoms with Gasteiger partial charge in [-0.05, 0) is 26.3 Å². The maximum absolute atomic E-state index is 12.6. The van der Waals surface area contributed by atoms with Crippen molar-refractivity contribution in [1.82, 2.24) is 0 Å². The highest BCUT2D eigenvalue weighted by Gasteiger charge is 2.55. The predicted molar refractivity (Wildman–Crippen MR) is 99.0 cm³/mol. The van der Waals surface area contributed by atoms with Gasteiger partial charge in [0.1, 0.15) is 18.0 Å². The summed E-state index contributed by atoms with van der Waals surface area (Å²) >= 11 is 0. The lowest BCUT2D eigenvalue weighted by Gasteiger charge is -2.33. The van der Waals surface area contributed by atoms with E-state index in [0.717, 1.165) is 0 Å². The first-order valence-electron chi connectivity index (χ1n) is 9.36. The van der Waals surface area contributed by atoms with Gasteiger partial charge in [-0.15, -0.1) is 0 Å². The topological polar surface area (TPSA) is 88.1 Å². The van der Waals surface area contributed by atoms with Gasteiger partial charge in [0.25, 0.3) is 0 Å². The van der Waals surface area contributed by atoms with Crippen LogP contribution in [0.5, 0.6) is 0 Å². The standard InChI is InChI=1S/C21H26O7/c1-6-11(2)19(23)27-16-9-21(4)17(22)8-14(28-21)12(3)7-15-18(16)13(10-25-5)20(24)26-15/h6,8,13,15-16,18H,3,7,9-10H2,1-2,4-5H3/b11-6-/t13-,15+,16-,18-,21-/m1/s1. The molecule has 2 saturated heterocycles. The fraction of sp³-hybridized carbons (Fsp3) is 0.571. The van der Waals surface area contributed by atoms with Crippen molar-refractivity contribution < 1.29 is 33.3 Å². The summed E-state index contributed by atoms with van der Waals surface area (Å²) in [5.74, 6) is -1.77. The van der Waals surface area contributed by atoms with Gasteiger partial charge in [0, 0.05) is 37.5 Å². The first-order valence-corrected chi connectivity index (χ1v) is 9.36. The number of ether oxygens (including phenoxy) is 4. The monoisotopic (exact) mass is 390 g/mol. The zero-order valence-corrected chi connectivity index (χ0v) is 16.7. The minimum atomic E-state index is -1.19. The van der Waals surface area contributed by atoms with E-state index < -0.39 is 41.6 Å². The van der Waals surface area contributed by atoms with Crippen LogP contribution in [0.25, 0.3) is 0 Å². The minimum Gasteiger partial charge on any atom is -0.479 e. The summed E-state index contributed by atoms with van der Waals surface area (Å²) in [5.41, 5.74) is -0.169. The molecule has 2 bridgehead atoms. The molecular weight excluding hydrogens is 364 g/mol. The van der Waals surface area contributed by atoms with E-state index in [1.165, 1.54) is 13.2 Å². The summed E-state index contributed by atoms with van der Waals surface area (Å²) in [6.07, 6.45) is 2.18. The Balaban J connectivity index is 2.03. The quantitative estimate of drug-likeness (QED) is 0.537. The van der Waals surface area contributed by atoms with Crippen LogP contribution >= 0.6 is 0 Å². The molecule has 2 fully saturated rings. The molecular formula is C21H26O7. The van der Waals surface area contributed by atoms with Crippen LogP contribution in [0.4, 0.5) is 0 Å². The van der Waals surface area contributed by atoms with Crippen LogP contribution in [-0.2, 0) is 33.3 Å². The Bertz CT molecular complexity index is 778. The number of esters is 2. The Labute approximate surface area is 164 Å². The van der Waals surface area contributed by atoms with Gasteiger partial charge >= 0.3 is 11.9 Å². The molecule has 0 amide bonds. The van der Waals surface area contributed by atoms with E-state index >= 15 is 0 Å². The maximum atomic E-state index is 12.6. The predicted octanol–water partition coefficient (Wildman–Crippen LogP) is 2.26. The largest absolute Gasteiger partial charge is 0.479 e. The maximum Gasteiger partial charge on any atom is 0.333 e. The molecule has 0 spiro atoms. The average molecular weight is 390 g/mol. The molecule has 3 rings (SSSR count). The number of carbonyl (C=O) groups excluding carboxylic acids is 3. The van der Waals surface area contributed by atoms with Crippen LogP contribution < -0.4 is 0 Å². The molecule has 0 radical (unpaired) electrons. The second-order valence-electron chi connectivity index (χ2n) is 7.75. The van der Waals surface area contributed by atoms with Crippen molar-refractivity contribution in [3.05, 3.63) is 35.6 Å². The third-order valence-electron chi connectivity index (χ3n) is 5.76. The molecule has 3 aliphatic heterocycles. The lowest BCUT2D eigenvalue weighted by molar-refractivity contribution is -0.155. The van der Waals surface area contributed by atoms with Gasteiger partial charge in [-0.1, -0.05) is 12.7 Å². The van der Waals surface area contributed by atoms with Crippen LogP contribution in [0.15, 0.2) is 35.6 Å². The van der Waals surface area contributed by atoms with E-state index in [4.69, 9.17) is 18.9 Å². The summed E-state index contributed by atoms with van der Waals surface area (Å²) < 4.78 is 22.5. The number of rotatable bonds is 4. The smallest absolute Gasteiger partial charge is 0.333 e. The minimum absolute atomic E-state index is 0.111. The highest BCUT2D eigenvalue weighted by molar-refractivity contribution is 6.00.